The van der Waals surface area contributed by atoms with Gasteiger partial charge in [0.15, 0.2) is 0 Å². The van der Waals surface area contributed by atoms with E-state index in [4.69, 9.17) is 11.6 Å². The number of benzene rings is 2. The van der Waals surface area contributed by atoms with Crippen LogP contribution in [0.3, 0.4) is 0 Å². The molecule has 0 saturated heterocycles. The van der Waals surface area contributed by atoms with Crippen LogP contribution in [0.25, 0.3) is 0 Å². The third-order valence-corrected chi connectivity index (χ3v) is 5.78. The lowest BCUT2D eigenvalue weighted by atomic mass is 10.1. The Labute approximate surface area is 187 Å². The summed E-state index contributed by atoms with van der Waals surface area (Å²) in [6.45, 7) is 6.60. The Morgan fingerprint density at radius 3 is 2.40 bits per heavy atom. The van der Waals surface area contributed by atoms with Crippen molar-refractivity contribution in [1.82, 2.24) is 10.2 Å². The van der Waals surface area contributed by atoms with Crippen molar-refractivity contribution in [3.05, 3.63) is 70.5 Å². The normalized spacial score (nSPS) is 11.9. The summed E-state index contributed by atoms with van der Waals surface area (Å²) in [5, 5.41) is 3.50. The van der Waals surface area contributed by atoms with Gasteiger partial charge in [-0.1, -0.05) is 55.8 Å². The highest BCUT2D eigenvalue weighted by Crippen LogP contribution is 2.18. The number of carbonyl (C=O) groups excluding carboxylic acids is 2. The van der Waals surface area contributed by atoms with Crippen LogP contribution in [0.1, 0.15) is 31.9 Å². The molecule has 0 aliphatic carbocycles. The van der Waals surface area contributed by atoms with E-state index < -0.39 is 6.04 Å². The third-order valence-electron chi connectivity index (χ3n) is 4.56. The second-order valence-electron chi connectivity index (χ2n) is 7.55. The number of nitrogens with zero attached hydrogens (tertiary/aromatic N) is 1. The second kappa shape index (κ2) is 12.0. The van der Waals surface area contributed by atoms with Crippen LogP contribution in [0.15, 0.2) is 48.5 Å². The summed E-state index contributed by atoms with van der Waals surface area (Å²) in [5.41, 5.74) is 1.44. The third kappa shape index (κ3) is 7.65. The van der Waals surface area contributed by atoms with Gasteiger partial charge in [-0.25, -0.2) is 4.39 Å². The van der Waals surface area contributed by atoms with Gasteiger partial charge in [0.05, 0.1) is 5.75 Å². The van der Waals surface area contributed by atoms with Crippen molar-refractivity contribution in [3.8, 4) is 0 Å². The molecular formula is C23H28ClFN2O2S. The van der Waals surface area contributed by atoms with Crippen molar-refractivity contribution in [2.75, 3.05) is 12.3 Å². The van der Waals surface area contributed by atoms with E-state index in [1.54, 1.807) is 42.2 Å². The zero-order valence-electron chi connectivity index (χ0n) is 17.5. The quantitative estimate of drug-likeness (QED) is 0.560. The SMILES string of the molecule is CC(C)CNC(=O)[C@@H](C)N(Cc1ccc(Cl)cc1)C(=O)CSCc1ccccc1F. The Morgan fingerprint density at radius 2 is 1.77 bits per heavy atom. The molecule has 0 spiro atoms. The van der Waals surface area contributed by atoms with Crippen LogP contribution in [-0.2, 0) is 21.9 Å². The molecule has 4 nitrogen and oxygen atoms in total. The lowest BCUT2D eigenvalue weighted by molar-refractivity contribution is -0.138. The minimum Gasteiger partial charge on any atom is -0.354 e. The summed E-state index contributed by atoms with van der Waals surface area (Å²) < 4.78 is 13.8. The molecule has 0 heterocycles. The number of hydrogen-bond donors (Lipinski definition) is 1. The number of rotatable bonds is 10. The van der Waals surface area contributed by atoms with Gasteiger partial charge in [-0.05, 0) is 42.2 Å². The first-order chi connectivity index (χ1) is 14.3. The average molecular weight is 451 g/mol. The summed E-state index contributed by atoms with van der Waals surface area (Å²) in [4.78, 5) is 27.1. The molecule has 0 aliphatic rings. The number of thioether (sulfide) groups is 1. The standard InChI is InChI=1S/C23H28ClFN2O2S/c1-16(2)12-26-23(29)17(3)27(13-18-8-10-20(24)11-9-18)22(28)15-30-14-19-6-4-5-7-21(19)25/h4-11,16-17H,12-15H2,1-3H3,(H,26,29)/t17-/m1/s1. The van der Waals surface area contributed by atoms with E-state index in [1.807, 2.05) is 26.0 Å². The molecular weight excluding hydrogens is 423 g/mol. The Morgan fingerprint density at radius 1 is 1.10 bits per heavy atom. The van der Waals surface area contributed by atoms with Crippen LogP contribution < -0.4 is 5.32 Å². The molecule has 162 valence electrons. The fourth-order valence-electron chi connectivity index (χ4n) is 2.77. The molecule has 7 heteroatoms. The first-order valence-corrected chi connectivity index (χ1v) is 11.4. The maximum absolute atomic E-state index is 13.8. The predicted molar refractivity (Wildman–Crippen MR) is 122 cm³/mol. The van der Waals surface area contributed by atoms with E-state index in [2.05, 4.69) is 5.32 Å². The number of hydrogen-bond acceptors (Lipinski definition) is 3. The Hall–Kier alpha value is -2.05. The first kappa shape index (κ1) is 24.2. The fraction of sp³-hybridized carbons (Fsp3) is 0.391. The molecule has 1 atom stereocenters. The van der Waals surface area contributed by atoms with Gasteiger partial charge in [0, 0.05) is 23.9 Å². The van der Waals surface area contributed by atoms with E-state index in [-0.39, 0.29) is 23.4 Å². The summed E-state index contributed by atoms with van der Waals surface area (Å²) in [6.07, 6.45) is 0. The highest BCUT2D eigenvalue weighted by molar-refractivity contribution is 7.99. The van der Waals surface area contributed by atoms with Gasteiger partial charge in [0.25, 0.3) is 0 Å². The maximum atomic E-state index is 13.8. The zero-order valence-corrected chi connectivity index (χ0v) is 19.1. The predicted octanol–water partition coefficient (Wildman–Crippen LogP) is 4.90. The number of amides is 2. The topological polar surface area (TPSA) is 49.4 Å². The van der Waals surface area contributed by atoms with Gasteiger partial charge < -0.3 is 10.2 Å². The van der Waals surface area contributed by atoms with Crippen LogP contribution in [0, 0.1) is 11.7 Å². The Kier molecular flexibility index (Phi) is 9.66. The van der Waals surface area contributed by atoms with Crippen LogP contribution >= 0.6 is 23.4 Å². The molecule has 0 bridgehead atoms. The summed E-state index contributed by atoms with van der Waals surface area (Å²) >= 11 is 7.29. The molecule has 0 saturated carbocycles. The molecule has 2 aromatic carbocycles. The van der Waals surface area contributed by atoms with Gasteiger partial charge in [-0.2, -0.15) is 0 Å². The smallest absolute Gasteiger partial charge is 0.242 e. The van der Waals surface area contributed by atoms with Crippen molar-refractivity contribution in [2.24, 2.45) is 5.92 Å². The van der Waals surface area contributed by atoms with E-state index in [0.717, 1.165) is 5.56 Å². The summed E-state index contributed by atoms with van der Waals surface area (Å²) in [6, 6.07) is 13.1. The lowest BCUT2D eigenvalue weighted by Crippen LogP contribution is -2.48. The average Bonchev–Trinajstić information content (AvgIpc) is 2.72. The van der Waals surface area contributed by atoms with Gasteiger partial charge in [0.2, 0.25) is 11.8 Å². The highest BCUT2D eigenvalue weighted by atomic mass is 35.5. The molecule has 2 aromatic rings. The van der Waals surface area contributed by atoms with Gasteiger partial charge in [-0.3, -0.25) is 9.59 Å². The zero-order chi connectivity index (χ0) is 22.1. The molecule has 0 unspecified atom stereocenters. The van der Waals surface area contributed by atoms with Crippen molar-refractivity contribution in [1.29, 1.82) is 0 Å². The molecule has 0 fully saturated rings. The lowest BCUT2D eigenvalue weighted by Gasteiger charge is -2.29. The van der Waals surface area contributed by atoms with Gasteiger partial charge in [-0.15, -0.1) is 11.8 Å². The first-order valence-electron chi connectivity index (χ1n) is 9.90. The van der Waals surface area contributed by atoms with Crippen molar-refractivity contribution >= 4 is 35.2 Å². The molecule has 2 rings (SSSR count). The van der Waals surface area contributed by atoms with Crippen molar-refractivity contribution < 1.29 is 14.0 Å². The maximum Gasteiger partial charge on any atom is 0.242 e. The minimum absolute atomic E-state index is 0.156. The highest BCUT2D eigenvalue weighted by Gasteiger charge is 2.26. The molecule has 30 heavy (non-hydrogen) atoms. The largest absolute Gasteiger partial charge is 0.354 e. The number of nitrogens with one attached hydrogen (secondary N) is 1. The van der Waals surface area contributed by atoms with Gasteiger partial charge in [0.1, 0.15) is 11.9 Å². The Balaban J connectivity index is 2.06. The number of carbonyl (C=O) groups is 2. The van der Waals surface area contributed by atoms with E-state index in [9.17, 15) is 14.0 Å². The molecule has 2 amide bonds. The summed E-state index contributed by atoms with van der Waals surface area (Å²) in [5.74, 6) is 0.226. The monoisotopic (exact) mass is 450 g/mol. The van der Waals surface area contributed by atoms with E-state index in [1.165, 1.54) is 17.8 Å². The minimum atomic E-state index is -0.624. The van der Waals surface area contributed by atoms with Crippen LogP contribution in [0.4, 0.5) is 4.39 Å². The van der Waals surface area contributed by atoms with Crippen LogP contribution in [0.2, 0.25) is 5.02 Å². The molecule has 1 N–H and O–H groups in total. The number of halogens is 2. The molecule has 0 aromatic heterocycles. The van der Waals surface area contributed by atoms with Crippen LogP contribution in [-0.4, -0.2) is 35.1 Å². The van der Waals surface area contributed by atoms with Crippen molar-refractivity contribution in [2.45, 2.75) is 39.1 Å². The van der Waals surface area contributed by atoms with Crippen molar-refractivity contribution in [3.63, 3.8) is 0 Å². The van der Waals surface area contributed by atoms with E-state index in [0.29, 0.717) is 35.3 Å². The second-order valence-corrected chi connectivity index (χ2v) is 8.97. The molecule has 0 aliphatic heterocycles. The Bertz CT molecular complexity index is 845. The fourth-order valence-corrected chi connectivity index (χ4v) is 3.79. The van der Waals surface area contributed by atoms with Gasteiger partial charge >= 0.3 is 0 Å². The van der Waals surface area contributed by atoms with Crippen LogP contribution in [0.5, 0.6) is 0 Å². The van der Waals surface area contributed by atoms with E-state index >= 15 is 0 Å². The molecule has 0 radical (unpaired) electrons. The summed E-state index contributed by atoms with van der Waals surface area (Å²) in [7, 11) is 0.